The number of hydrogen-bond donors (Lipinski definition) is 1. The van der Waals surface area contributed by atoms with Gasteiger partial charge in [-0.25, -0.2) is 0 Å². The number of hydrogen-bond acceptors (Lipinski definition) is 7. The number of thiophene rings is 1. The highest BCUT2D eigenvalue weighted by Crippen LogP contribution is 2.43. The highest BCUT2D eigenvalue weighted by atomic mass is 32.1. The Morgan fingerprint density at radius 2 is 1.79 bits per heavy atom. The summed E-state index contributed by atoms with van der Waals surface area (Å²) in [7, 11) is 3.04. The van der Waals surface area contributed by atoms with Crippen molar-refractivity contribution in [3.63, 3.8) is 0 Å². The Kier molecular flexibility index (Phi) is 5.88. The summed E-state index contributed by atoms with van der Waals surface area (Å²) in [5.74, 6) is -3.97. The molecule has 3 rings (SSSR count). The summed E-state index contributed by atoms with van der Waals surface area (Å²) in [4.78, 5) is 37.8. The number of Topliss-reactive ketones (excluding diaryl/α,β-unsaturated/α-hetero) is 1. The molecule has 1 N–H and O–H groups in total. The van der Waals surface area contributed by atoms with E-state index in [2.05, 4.69) is 0 Å². The average Bonchev–Trinajstić information content (AvgIpc) is 3.41. The van der Waals surface area contributed by atoms with E-state index >= 15 is 0 Å². The predicted molar refractivity (Wildman–Crippen MR) is 103 cm³/mol. The zero-order valence-corrected chi connectivity index (χ0v) is 16.7. The van der Waals surface area contributed by atoms with Gasteiger partial charge in [-0.3, -0.25) is 14.4 Å². The van der Waals surface area contributed by atoms with Gasteiger partial charge in [0.15, 0.2) is 17.3 Å². The Hall–Kier alpha value is -2.61. The summed E-state index contributed by atoms with van der Waals surface area (Å²) in [5, 5.41) is 10.4. The third-order valence-corrected chi connectivity index (χ3v) is 5.97. The van der Waals surface area contributed by atoms with Crippen molar-refractivity contribution in [2.45, 2.75) is 19.8 Å². The summed E-state index contributed by atoms with van der Waals surface area (Å²) >= 11 is 1.19. The lowest BCUT2D eigenvalue weighted by Gasteiger charge is -2.20. The van der Waals surface area contributed by atoms with Crippen molar-refractivity contribution in [3.05, 3.63) is 23.1 Å². The van der Waals surface area contributed by atoms with Crippen molar-refractivity contribution < 1.29 is 33.7 Å². The van der Waals surface area contributed by atoms with Crippen LogP contribution in [0.25, 0.3) is 10.1 Å². The first-order valence-electron chi connectivity index (χ1n) is 9.00. The van der Waals surface area contributed by atoms with Crippen LogP contribution in [0.2, 0.25) is 0 Å². The molecule has 28 heavy (non-hydrogen) atoms. The number of esters is 1. The fraction of sp³-hybridized carbons (Fsp3) is 0.450. The van der Waals surface area contributed by atoms with Crippen LogP contribution in [-0.2, 0) is 14.3 Å². The third-order valence-electron chi connectivity index (χ3n) is 4.86. The fourth-order valence-electron chi connectivity index (χ4n) is 3.36. The van der Waals surface area contributed by atoms with Crippen LogP contribution in [0, 0.1) is 17.8 Å². The molecular formula is C20H22O7S. The van der Waals surface area contributed by atoms with Crippen molar-refractivity contribution in [2.75, 3.05) is 20.8 Å². The van der Waals surface area contributed by atoms with Crippen molar-refractivity contribution in [3.8, 4) is 11.5 Å². The maximum atomic E-state index is 13.2. The fourth-order valence-corrected chi connectivity index (χ4v) is 4.41. The van der Waals surface area contributed by atoms with Gasteiger partial charge in [0.25, 0.3) is 0 Å². The van der Waals surface area contributed by atoms with Crippen LogP contribution < -0.4 is 9.47 Å². The number of ether oxygens (including phenoxy) is 3. The molecule has 2 unspecified atom stereocenters. The van der Waals surface area contributed by atoms with Gasteiger partial charge in [-0.15, -0.1) is 11.3 Å². The number of carboxylic acids is 1. The largest absolute Gasteiger partial charge is 0.493 e. The van der Waals surface area contributed by atoms with E-state index in [1.807, 2.05) is 0 Å². The van der Waals surface area contributed by atoms with Crippen LogP contribution in [0.15, 0.2) is 18.2 Å². The summed E-state index contributed by atoms with van der Waals surface area (Å²) < 4.78 is 16.4. The van der Waals surface area contributed by atoms with Crippen LogP contribution in [0.4, 0.5) is 0 Å². The van der Waals surface area contributed by atoms with E-state index < -0.39 is 29.6 Å². The second-order valence-corrected chi connectivity index (χ2v) is 7.73. The second-order valence-electron chi connectivity index (χ2n) is 6.65. The molecule has 1 saturated carbocycles. The van der Waals surface area contributed by atoms with E-state index in [0.717, 1.165) is 10.1 Å². The SMILES string of the molecule is CCOC(=O)C(C(=O)c1cc2cc(OC)c(OC)cc2s1)C(C(=O)O)C1CC1. The Labute approximate surface area is 166 Å². The molecule has 0 spiro atoms. The summed E-state index contributed by atoms with van der Waals surface area (Å²) in [5.41, 5.74) is 0. The minimum absolute atomic E-state index is 0.0838. The van der Waals surface area contributed by atoms with Gasteiger partial charge < -0.3 is 19.3 Å². The standard InChI is InChI=1S/C20H22O7S/c1-4-27-20(24)17(16(19(22)23)10-5-6-10)18(21)15-8-11-7-12(25-2)13(26-3)9-14(11)28-15/h7-10,16-17H,4-6H2,1-3H3,(H,22,23). The maximum absolute atomic E-state index is 13.2. The molecule has 2 atom stereocenters. The molecule has 8 heteroatoms. The van der Waals surface area contributed by atoms with E-state index in [0.29, 0.717) is 29.2 Å². The number of rotatable bonds is 9. The minimum Gasteiger partial charge on any atom is -0.493 e. The first kappa shape index (κ1) is 20.1. The van der Waals surface area contributed by atoms with Crippen LogP contribution in [0.1, 0.15) is 29.4 Å². The van der Waals surface area contributed by atoms with Gasteiger partial charge in [-0.2, -0.15) is 0 Å². The first-order valence-corrected chi connectivity index (χ1v) is 9.82. The van der Waals surface area contributed by atoms with Crippen molar-refractivity contribution >= 4 is 39.1 Å². The molecule has 0 aliphatic heterocycles. The lowest BCUT2D eigenvalue weighted by molar-refractivity contribution is -0.156. The molecule has 1 aliphatic rings. The van der Waals surface area contributed by atoms with Gasteiger partial charge in [0, 0.05) is 10.8 Å². The number of methoxy groups -OCH3 is 2. The summed E-state index contributed by atoms with van der Waals surface area (Å²) in [6.07, 6.45) is 1.39. The van der Waals surface area contributed by atoms with Crippen LogP contribution >= 0.6 is 11.3 Å². The molecule has 150 valence electrons. The topological polar surface area (TPSA) is 99.1 Å². The predicted octanol–water partition coefficient (Wildman–Crippen LogP) is 3.39. The Morgan fingerprint density at radius 1 is 1.14 bits per heavy atom. The van der Waals surface area contributed by atoms with Gasteiger partial charge in [0.2, 0.25) is 0 Å². The van der Waals surface area contributed by atoms with Crippen LogP contribution in [0.3, 0.4) is 0 Å². The molecule has 1 aromatic heterocycles. The van der Waals surface area contributed by atoms with Gasteiger partial charge in [0.1, 0.15) is 5.92 Å². The highest BCUT2D eigenvalue weighted by molar-refractivity contribution is 7.20. The van der Waals surface area contributed by atoms with Gasteiger partial charge in [0.05, 0.1) is 31.6 Å². The number of fused-ring (bicyclic) bond motifs is 1. The quantitative estimate of drug-likeness (QED) is 0.387. The second kappa shape index (κ2) is 8.18. The van der Waals surface area contributed by atoms with Crippen molar-refractivity contribution in [2.24, 2.45) is 17.8 Å². The highest BCUT2D eigenvalue weighted by Gasteiger charge is 2.49. The van der Waals surface area contributed by atoms with E-state index in [1.165, 1.54) is 25.6 Å². The molecule has 1 fully saturated rings. The number of benzene rings is 1. The van der Waals surface area contributed by atoms with Crippen molar-refractivity contribution in [1.29, 1.82) is 0 Å². The Balaban J connectivity index is 2.02. The molecule has 0 bridgehead atoms. The Bertz CT molecular complexity index is 872. The van der Waals surface area contributed by atoms with Gasteiger partial charge in [-0.05, 0) is 43.2 Å². The van der Waals surface area contributed by atoms with Crippen molar-refractivity contribution in [1.82, 2.24) is 0 Å². The van der Waals surface area contributed by atoms with Gasteiger partial charge >= 0.3 is 11.9 Å². The smallest absolute Gasteiger partial charge is 0.317 e. The molecule has 0 amide bonds. The zero-order valence-electron chi connectivity index (χ0n) is 15.9. The minimum atomic E-state index is -1.35. The summed E-state index contributed by atoms with van der Waals surface area (Å²) in [6, 6.07) is 5.16. The lowest BCUT2D eigenvalue weighted by Crippen LogP contribution is -2.38. The molecule has 0 saturated heterocycles. The molecule has 0 radical (unpaired) electrons. The van der Waals surface area contributed by atoms with Gasteiger partial charge in [-0.1, -0.05) is 0 Å². The molecule has 7 nitrogen and oxygen atoms in total. The molecular weight excluding hydrogens is 384 g/mol. The Morgan fingerprint density at radius 3 is 2.32 bits per heavy atom. The van der Waals surface area contributed by atoms with E-state index in [1.54, 1.807) is 25.1 Å². The average molecular weight is 406 g/mol. The number of carbonyl (C=O) groups is 3. The lowest BCUT2D eigenvalue weighted by atomic mass is 9.84. The van der Waals surface area contributed by atoms with Crippen LogP contribution in [0.5, 0.6) is 11.5 Å². The normalized spacial score (nSPS) is 15.7. The zero-order chi connectivity index (χ0) is 20.4. The third kappa shape index (κ3) is 3.82. The monoisotopic (exact) mass is 406 g/mol. The number of carboxylic acid groups (broad SMARTS) is 1. The molecule has 2 aromatic rings. The van der Waals surface area contributed by atoms with E-state index in [-0.39, 0.29) is 12.5 Å². The molecule has 1 heterocycles. The van der Waals surface area contributed by atoms with E-state index in [4.69, 9.17) is 14.2 Å². The summed E-state index contributed by atoms with van der Waals surface area (Å²) in [6.45, 7) is 1.71. The maximum Gasteiger partial charge on any atom is 0.317 e. The molecule has 1 aliphatic carbocycles. The first-order chi connectivity index (χ1) is 13.4. The number of carbonyl (C=O) groups excluding carboxylic acids is 2. The number of aliphatic carboxylic acids is 1. The molecule has 1 aromatic carbocycles. The number of ketones is 1. The van der Waals surface area contributed by atoms with E-state index in [9.17, 15) is 19.5 Å². The van der Waals surface area contributed by atoms with Crippen LogP contribution in [-0.4, -0.2) is 43.7 Å².